The van der Waals surface area contributed by atoms with Crippen molar-refractivity contribution in [2.45, 2.75) is 26.3 Å². The Kier molecular flexibility index (Phi) is 5.93. The van der Waals surface area contributed by atoms with Crippen LogP contribution in [0.1, 0.15) is 25.3 Å². The molecule has 0 bridgehead atoms. The van der Waals surface area contributed by atoms with E-state index in [1.807, 2.05) is 25.1 Å². The summed E-state index contributed by atoms with van der Waals surface area (Å²) in [6.07, 6.45) is 1.39. The van der Waals surface area contributed by atoms with Crippen molar-refractivity contribution < 1.29 is 14.3 Å². The molecule has 0 spiro atoms. The van der Waals surface area contributed by atoms with Gasteiger partial charge in [0.05, 0.1) is 11.7 Å². The maximum atomic E-state index is 12.4. The smallest absolute Gasteiger partial charge is 0.248 e. The van der Waals surface area contributed by atoms with Crippen molar-refractivity contribution in [2.24, 2.45) is 5.92 Å². The van der Waals surface area contributed by atoms with Crippen LogP contribution in [0.4, 0.5) is 0 Å². The average molecular weight is 362 g/mol. The second-order valence-electron chi connectivity index (χ2n) is 6.10. The van der Waals surface area contributed by atoms with Gasteiger partial charge in [0.15, 0.2) is 0 Å². The van der Waals surface area contributed by atoms with Gasteiger partial charge in [0, 0.05) is 32.2 Å². The summed E-state index contributed by atoms with van der Waals surface area (Å²) in [6, 6.07) is 5.83. The first-order chi connectivity index (χ1) is 12.2. The number of nitrogens with zero attached hydrogens (tertiary/aromatic N) is 3. The lowest BCUT2D eigenvalue weighted by Gasteiger charge is -2.31. The molecule has 1 aliphatic heterocycles. The third kappa shape index (κ3) is 4.52. The van der Waals surface area contributed by atoms with E-state index in [9.17, 15) is 9.59 Å². The Labute approximate surface area is 150 Å². The quantitative estimate of drug-likeness (QED) is 0.843. The summed E-state index contributed by atoms with van der Waals surface area (Å²) >= 11 is 1.19. The molecular formula is C17H22N4O3S. The zero-order valence-electron chi connectivity index (χ0n) is 14.2. The summed E-state index contributed by atoms with van der Waals surface area (Å²) in [7, 11) is 0. The first-order valence-corrected chi connectivity index (χ1v) is 9.25. The Morgan fingerprint density at radius 2 is 2.04 bits per heavy atom. The van der Waals surface area contributed by atoms with Gasteiger partial charge in [0.25, 0.3) is 0 Å². The molecule has 134 valence electrons. The fraction of sp³-hybridized carbons (Fsp3) is 0.529. The van der Waals surface area contributed by atoms with Crippen LogP contribution in [0.25, 0.3) is 11.0 Å². The number of amides is 2. The first-order valence-electron chi connectivity index (χ1n) is 8.51. The fourth-order valence-electron chi connectivity index (χ4n) is 2.94. The van der Waals surface area contributed by atoms with Crippen LogP contribution in [0.2, 0.25) is 0 Å². The van der Waals surface area contributed by atoms with Gasteiger partial charge in [-0.15, -0.1) is 0 Å². The molecule has 1 aromatic heterocycles. The summed E-state index contributed by atoms with van der Waals surface area (Å²) in [6.45, 7) is 4.23. The lowest BCUT2D eigenvalue weighted by Crippen LogP contribution is -2.44. The normalized spacial score (nSPS) is 15.5. The van der Waals surface area contributed by atoms with E-state index in [0.717, 1.165) is 16.6 Å². The molecule has 1 N–H and O–H groups in total. The first kappa shape index (κ1) is 17.8. The zero-order chi connectivity index (χ0) is 17.6. The third-order valence-corrected chi connectivity index (χ3v) is 4.99. The van der Waals surface area contributed by atoms with Crippen molar-refractivity contribution in [3.8, 4) is 0 Å². The van der Waals surface area contributed by atoms with Crippen molar-refractivity contribution in [1.29, 1.82) is 0 Å². The number of aromatic nitrogens is 2. The Hall–Kier alpha value is -2.06. The summed E-state index contributed by atoms with van der Waals surface area (Å²) in [5.74, 6) is 0.0140. The van der Waals surface area contributed by atoms with Crippen LogP contribution in [0.3, 0.4) is 0 Å². The van der Waals surface area contributed by atoms with Gasteiger partial charge in [-0.25, -0.2) is 0 Å². The Bertz CT molecular complexity index is 740. The number of benzene rings is 1. The lowest BCUT2D eigenvalue weighted by molar-refractivity contribution is -0.139. The summed E-state index contributed by atoms with van der Waals surface area (Å²) < 4.78 is 13.5. The second kappa shape index (κ2) is 8.35. The van der Waals surface area contributed by atoms with Crippen molar-refractivity contribution >= 4 is 34.6 Å². The molecule has 1 fully saturated rings. The van der Waals surface area contributed by atoms with E-state index in [4.69, 9.17) is 4.74 Å². The van der Waals surface area contributed by atoms with E-state index in [2.05, 4.69) is 14.1 Å². The van der Waals surface area contributed by atoms with Gasteiger partial charge in [0.1, 0.15) is 17.6 Å². The van der Waals surface area contributed by atoms with Gasteiger partial charge in [-0.3, -0.25) is 9.59 Å². The maximum absolute atomic E-state index is 12.4. The monoisotopic (exact) mass is 362 g/mol. The number of hydrogen-bond donors (Lipinski definition) is 1. The number of ether oxygens (including phenoxy) is 1. The van der Waals surface area contributed by atoms with Crippen molar-refractivity contribution in [3.63, 3.8) is 0 Å². The van der Waals surface area contributed by atoms with E-state index in [-0.39, 0.29) is 24.3 Å². The van der Waals surface area contributed by atoms with Crippen LogP contribution in [0, 0.1) is 5.92 Å². The minimum absolute atomic E-state index is 0.00545. The highest BCUT2D eigenvalue weighted by Gasteiger charge is 2.27. The molecule has 0 aliphatic carbocycles. The molecule has 0 saturated carbocycles. The average Bonchev–Trinajstić information content (AvgIpc) is 3.12. The molecule has 1 aliphatic rings. The van der Waals surface area contributed by atoms with Gasteiger partial charge in [-0.05, 0) is 37.5 Å². The molecule has 2 amide bonds. The van der Waals surface area contributed by atoms with E-state index >= 15 is 0 Å². The van der Waals surface area contributed by atoms with Crippen LogP contribution in [-0.2, 0) is 20.9 Å². The highest BCUT2D eigenvalue weighted by Crippen LogP contribution is 2.18. The zero-order valence-corrected chi connectivity index (χ0v) is 15.1. The van der Waals surface area contributed by atoms with Gasteiger partial charge >= 0.3 is 0 Å². The molecular weight excluding hydrogens is 340 g/mol. The molecule has 25 heavy (non-hydrogen) atoms. The number of nitrogens with one attached hydrogen (secondary N) is 1. The molecule has 1 aromatic carbocycles. The van der Waals surface area contributed by atoms with Crippen LogP contribution < -0.4 is 5.32 Å². The number of likely N-dealkylation sites (tertiary alicyclic amines) is 1. The van der Waals surface area contributed by atoms with Gasteiger partial charge in [-0.1, -0.05) is 6.07 Å². The molecule has 0 unspecified atom stereocenters. The molecule has 8 heteroatoms. The third-order valence-electron chi connectivity index (χ3n) is 4.43. The molecule has 0 atom stereocenters. The van der Waals surface area contributed by atoms with Gasteiger partial charge < -0.3 is 15.0 Å². The van der Waals surface area contributed by atoms with E-state index < -0.39 is 0 Å². The summed E-state index contributed by atoms with van der Waals surface area (Å²) in [5, 5.41) is 2.99. The molecule has 1 saturated heterocycles. The standard InChI is InChI=1S/C17H22N4O3S/c1-2-24-11-16(22)21-7-5-13(6-8-21)17(23)18-10-12-3-4-14-15(9-12)20-25-19-14/h3-4,9,13H,2,5-8,10-11H2,1H3,(H,18,23). The van der Waals surface area contributed by atoms with Crippen LogP contribution in [0.5, 0.6) is 0 Å². The molecule has 7 nitrogen and oxygen atoms in total. The SMILES string of the molecule is CCOCC(=O)N1CCC(C(=O)NCc2ccc3nsnc3c2)CC1. The molecule has 0 radical (unpaired) electrons. The van der Waals surface area contributed by atoms with E-state index in [1.165, 1.54) is 11.7 Å². The molecule has 2 heterocycles. The topological polar surface area (TPSA) is 84.4 Å². The fourth-order valence-corrected chi connectivity index (χ4v) is 3.46. The Morgan fingerprint density at radius 1 is 1.28 bits per heavy atom. The second-order valence-corrected chi connectivity index (χ2v) is 6.63. The minimum Gasteiger partial charge on any atom is -0.372 e. The summed E-state index contributed by atoms with van der Waals surface area (Å²) in [5.41, 5.74) is 2.75. The van der Waals surface area contributed by atoms with Crippen molar-refractivity contribution in [3.05, 3.63) is 23.8 Å². The van der Waals surface area contributed by atoms with Crippen LogP contribution in [-0.4, -0.2) is 51.8 Å². The highest BCUT2D eigenvalue weighted by molar-refractivity contribution is 7.00. The number of fused-ring (bicyclic) bond motifs is 1. The van der Waals surface area contributed by atoms with E-state index in [1.54, 1.807) is 4.90 Å². The number of hydrogen-bond acceptors (Lipinski definition) is 6. The maximum Gasteiger partial charge on any atom is 0.248 e. The van der Waals surface area contributed by atoms with Crippen molar-refractivity contribution in [2.75, 3.05) is 26.3 Å². The van der Waals surface area contributed by atoms with Gasteiger partial charge in [-0.2, -0.15) is 8.75 Å². The number of carbonyl (C=O) groups excluding carboxylic acids is 2. The van der Waals surface area contributed by atoms with Crippen LogP contribution in [0.15, 0.2) is 18.2 Å². The predicted molar refractivity (Wildman–Crippen MR) is 95.1 cm³/mol. The Morgan fingerprint density at radius 3 is 2.80 bits per heavy atom. The summed E-state index contributed by atoms with van der Waals surface area (Å²) in [4.78, 5) is 26.1. The Balaban J connectivity index is 1.45. The van der Waals surface area contributed by atoms with Crippen LogP contribution >= 0.6 is 11.7 Å². The molecule has 2 aromatic rings. The number of rotatable bonds is 6. The predicted octanol–water partition coefficient (Wildman–Crippen LogP) is 1.58. The van der Waals surface area contributed by atoms with Gasteiger partial charge in [0.2, 0.25) is 11.8 Å². The minimum atomic E-state index is -0.0409. The van der Waals surface area contributed by atoms with Crippen molar-refractivity contribution in [1.82, 2.24) is 19.0 Å². The molecule has 3 rings (SSSR count). The van der Waals surface area contributed by atoms with E-state index in [0.29, 0.717) is 39.1 Å². The number of carbonyl (C=O) groups is 2. The highest BCUT2D eigenvalue weighted by atomic mass is 32.1. The largest absolute Gasteiger partial charge is 0.372 e. The lowest BCUT2D eigenvalue weighted by atomic mass is 9.95. The number of piperidine rings is 1.